The molecule has 47 heavy (non-hydrogen) atoms. The fraction of sp³-hybridized carbons (Fsp3) is 0.588. The number of benzene rings is 2. The molecule has 1 fully saturated rings. The molecule has 2 aromatic rings. The molecule has 1 atom stereocenters. The Labute approximate surface area is 271 Å². The number of ether oxygens (including phenoxy) is 2. The van der Waals surface area contributed by atoms with Gasteiger partial charge in [0.25, 0.3) is 11.5 Å². The Hall–Kier alpha value is -3.48. The van der Waals surface area contributed by atoms with Crippen molar-refractivity contribution >= 4 is 11.9 Å². The van der Waals surface area contributed by atoms with Crippen LogP contribution in [0.15, 0.2) is 36.4 Å². The number of hydrogen-bond donors (Lipinski definition) is 2. The number of unbranched alkanes of at least 4 members (excludes halogenated alkanes) is 3. The lowest BCUT2D eigenvalue weighted by molar-refractivity contribution is -0.376. The third kappa shape index (κ3) is 8.33. The van der Waals surface area contributed by atoms with Gasteiger partial charge in [0.15, 0.2) is 0 Å². The average Bonchev–Trinajstić information content (AvgIpc) is 3.20. The van der Waals surface area contributed by atoms with E-state index in [9.17, 15) is 41.0 Å². The lowest BCUT2D eigenvalue weighted by atomic mass is 9.87. The number of halogens is 6. The van der Waals surface area contributed by atoms with Gasteiger partial charge in [-0.25, -0.2) is 4.79 Å². The molecule has 2 N–H and O–H groups in total. The number of aryl methyl sites for hydroxylation is 2. The van der Waals surface area contributed by atoms with E-state index in [2.05, 4.69) is 5.32 Å². The zero-order valence-electron chi connectivity index (χ0n) is 27.4. The fourth-order valence-corrected chi connectivity index (χ4v) is 5.62. The topological polar surface area (TPSA) is 88.1 Å². The molecule has 0 aliphatic carbocycles. The summed E-state index contributed by atoms with van der Waals surface area (Å²) in [7, 11) is 0. The van der Waals surface area contributed by atoms with Crippen molar-refractivity contribution in [3.63, 3.8) is 0 Å². The van der Waals surface area contributed by atoms with Gasteiger partial charge in [-0.05, 0) is 93.8 Å². The van der Waals surface area contributed by atoms with Crippen LogP contribution in [0.2, 0.25) is 0 Å². The maximum atomic E-state index is 13.8. The van der Waals surface area contributed by atoms with E-state index in [1.807, 2.05) is 20.8 Å². The first-order valence-electron chi connectivity index (χ1n) is 16.0. The van der Waals surface area contributed by atoms with E-state index in [1.165, 1.54) is 0 Å². The van der Waals surface area contributed by atoms with Gasteiger partial charge >= 0.3 is 18.4 Å². The van der Waals surface area contributed by atoms with Gasteiger partial charge in [0.2, 0.25) is 0 Å². The highest BCUT2D eigenvalue weighted by Crippen LogP contribution is 2.51. The van der Waals surface area contributed by atoms with Crippen LogP contribution in [0, 0.1) is 0 Å². The second-order valence-corrected chi connectivity index (χ2v) is 12.3. The molecule has 3 rings (SSSR count). The first-order chi connectivity index (χ1) is 21.9. The summed E-state index contributed by atoms with van der Waals surface area (Å²) in [5.74, 6) is 0.398. The molecule has 1 heterocycles. The number of nitrogens with one attached hydrogen (secondary N) is 1. The fourth-order valence-electron chi connectivity index (χ4n) is 5.62. The third-order valence-electron chi connectivity index (χ3n) is 8.15. The Kier molecular flexibility index (Phi) is 12.3. The zero-order valence-corrected chi connectivity index (χ0v) is 27.4. The summed E-state index contributed by atoms with van der Waals surface area (Å²) >= 11 is 0. The number of aliphatic hydroxyl groups is 1. The minimum absolute atomic E-state index is 0.0299. The monoisotopic (exact) mass is 674 g/mol. The molecule has 1 unspecified atom stereocenters. The highest BCUT2D eigenvalue weighted by atomic mass is 19.4. The smallest absolute Gasteiger partial charge is 0.430 e. The summed E-state index contributed by atoms with van der Waals surface area (Å²) in [4.78, 5) is 27.2. The number of carbonyl (C=O) groups excluding carboxylic acids is 2. The molecule has 0 saturated carbocycles. The molecule has 0 aromatic heterocycles. The highest BCUT2D eigenvalue weighted by Gasteiger charge is 2.71. The summed E-state index contributed by atoms with van der Waals surface area (Å²) in [5, 5.41) is 12.9. The first kappa shape index (κ1) is 38.0. The molecule has 1 aliphatic rings. The van der Waals surface area contributed by atoms with Crippen LogP contribution in [0.4, 0.5) is 31.1 Å². The zero-order chi connectivity index (χ0) is 35.2. The van der Waals surface area contributed by atoms with E-state index in [-0.39, 0.29) is 49.0 Å². The largest absolute Gasteiger partial charge is 0.493 e. The van der Waals surface area contributed by atoms with Crippen LogP contribution in [0.3, 0.4) is 0 Å². The molecule has 3 amide bonds. The van der Waals surface area contributed by atoms with Gasteiger partial charge in [-0.3, -0.25) is 9.69 Å². The second-order valence-electron chi connectivity index (χ2n) is 12.3. The molecule has 7 nitrogen and oxygen atoms in total. The maximum Gasteiger partial charge on any atom is 0.430 e. The van der Waals surface area contributed by atoms with E-state index < -0.39 is 41.0 Å². The summed E-state index contributed by atoms with van der Waals surface area (Å²) in [6.45, 7) is 9.15. The van der Waals surface area contributed by atoms with Crippen molar-refractivity contribution in [3.8, 4) is 11.5 Å². The van der Waals surface area contributed by atoms with Gasteiger partial charge in [-0.2, -0.15) is 26.3 Å². The predicted octanol–water partition coefficient (Wildman–Crippen LogP) is 8.10. The molecule has 2 aromatic carbocycles. The predicted molar refractivity (Wildman–Crippen MR) is 164 cm³/mol. The van der Waals surface area contributed by atoms with Gasteiger partial charge < -0.3 is 19.9 Å². The summed E-state index contributed by atoms with van der Waals surface area (Å²) in [6, 6.07) is 7.82. The van der Waals surface area contributed by atoms with Crippen molar-refractivity contribution in [2.24, 2.45) is 0 Å². The molecule has 0 bridgehead atoms. The van der Waals surface area contributed by atoms with E-state index >= 15 is 0 Å². The minimum atomic E-state index is -6.00. The van der Waals surface area contributed by atoms with Crippen LogP contribution in [0.25, 0.3) is 0 Å². The molecular weight excluding hydrogens is 630 g/mol. The number of alkyl halides is 6. The Balaban J connectivity index is 1.76. The van der Waals surface area contributed by atoms with Crippen molar-refractivity contribution in [1.82, 2.24) is 10.2 Å². The van der Waals surface area contributed by atoms with Gasteiger partial charge in [0.05, 0.1) is 12.7 Å². The van der Waals surface area contributed by atoms with Crippen LogP contribution in [-0.2, 0) is 28.8 Å². The third-order valence-corrected chi connectivity index (χ3v) is 8.15. The highest BCUT2D eigenvalue weighted by molar-refractivity contribution is 6.07. The van der Waals surface area contributed by atoms with Gasteiger partial charge in [-0.1, -0.05) is 45.2 Å². The Morgan fingerprint density at radius 2 is 1.47 bits per heavy atom. The van der Waals surface area contributed by atoms with Crippen molar-refractivity contribution in [2.45, 2.75) is 116 Å². The van der Waals surface area contributed by atoms with Crippen LogP contribution in [0.1, 0.15) is 95.4 Å². The van der Waals surface area contributed by atoms with Crippen molar-refractivity contribution in [1.29, 1.82) is 0 Å². The quantitative estimate of drug-likeness (QED) is 0.107. The number of urea groups is 1. The number of nitrogens with zero attached hydrogens (tertiary/aromatic N) is 1. The standard InChI is InChI=1S/C34H44F6N2O5/c1-6-8-9-13-24-21-26(32(45,33(35,36)37)34(38,39)40)20-23(12-7-2)28(24)46-19-11-10-18-42-29(43)31(5,41-30(42)44)25-14-16-27(17-15-25)47-22(3)4/h14-17,20-22,45H,6-13,18-19H2,1-5H3,(H,41,44). The molecule has 0 radical (unpaired) electrons. The first-order valence-corrected chi connectivity index (χ1v) is 16.0. The SMILES string of the molecule is CCCCCc1cc(C(O)(C(F)(F)F)C(F)(F)F)cc(CCC)c1OCCCCN1C(=O)NC(C)(c2ccc(OC(C)C)cc2)C1=O. The van der Waals surface area contributed by atoms with Gasteiger partial charge in [0, 0.05) is 12.1 Å². The van der Waals surface area contributed by atoms with E-state index in [0.717, 1.165) is 23.5 Å². The van der Waals surface area contributed by atoms with Crippen molar-refractivity contribution in [3.05, 3.63) is 58.7 Å². The number of rotatable bonds is 16. The maximum absolute atomic E-state index is 13.8. The second kappa shape index (κ2) is 15.2. The Bertz CT molecular complexity index is 1360. The average molecular weight is 675 g/mol. The van der Waals surface area contributed by atoms with Crippen LogP contribution < -0.4 is 14.8 Å². The van der Waals surface area contributed by atoms with Gasteiger partial charge in [0.1, 0.15) is 17.0 Å². The summed E-state index contributed by atoms with van der Waals surface area (Å²) < 4.78 is 94.2. The number of carbonyl (C=O) groups is 2. The molecule has 262 valence electrons. The number of imide groups is 1. The van der Waals surface area contributed by atoms with Crippen LogP contribution >= 0.6 is 0 Å². The lowest BCUT2D eigenvalue weighted by Crippen LogP contribution is -2.54. The van der Waals surface area contributed by atoms with Crippen molar-refractivity contribution < 1.29 is 50.5 Å². The molecule has 13 heteroatoms. The molecule has 1 aliphatic heterocycles. The number of amides is 3. The summed E-state index contributed by atoms with van der Waals surface area (Å²) in [6.07, 6.45) is -8.71. The van der Waals surface area contributed by atoms with Crippen LogP contribution in [0.5, 0.6) is 11.5 Å². The van der Waals surface area contributed by atoms with E-state index in [4.69, 9.17) is 9.47 Å². The van der Waals surface area contributed by atoms with Crippen molar-refractivity contribution in [2.75, 3.05) is 13.2 Å². The Morgan fingerprint density at radius 1 is 0.872 bits per heavy atom. The number of hydrogen-bond acceptors (Lipinski definition) is 5. The summed E-state index contributed by atoms with van der Waals surface area (Å²) in [5.41, 5.74) is -6.73. The van der Waals surface area contributed by atoms with Crippen LogP contribution in [-0.4, -0.2) is 53.6 Å². The van der Waals surface area contributed by atoms with E-state index in [1.54, 1.807) is 38.1 Å². The normalized spacial score (nSPS) is 17.4. The molecule has 0 spiro atoms. The van der Waals surface area contributed by atoms with Gasteiger partial charge in [-0.15, -0.1) is 0 Å². The molecular formula is C34H44F6N2O5. The Morgan fingerprint density at radius 3 is 2.00 bits per heavy atom. The van der Waals surface area contributed by atoms with E-state index in [0.29, 0.717) is 43.4 Å². The molecule has 1 saturated heterocycles. The lowest BCUT2D eigenvalue weighted by Gasteiger charge is -2.33. The minimum Gasteiger partial charge on any atom is -0.493 e.